The number of nitrogen functional groups attached to an aromatic ring is 2. The van der Waals surface area contributed by atoms with Crippen molar-refractivity contribution in [2.45, 2.75) is 25.9 Å². The van der Waals surface area contributed by atoms with Crippen LogP contribution in [-0.4, -0.2) is 44.7 Å². The van der Waals surface area contributed by atoms with Crippen molar-refractivity contribution in [2.75, 3.05) is 29.9 Å². The first-order valence-electron chi connectivity index (χ1n) is 10.8. The van der Waals surface area contributed by atoms with Gasteiger partial charge < -0.3 is 31.4 Å². The van der Waals surface area contributed by atoms with Crippen LogP contribution < -0.4 is 22.3 Å². The molecule has 33 heavy (non-hydrogen) atoms. The Morgan fingerprint density at radius 2 is 1.88 bits per heavy atom. The van der Waals surface area contributed by atoms with Gasteiger partial charge in [0, 0.05) is 49.0 Å². The molecule has 2 heterocycles. The van der Waals surface area contributed by atoms with Crippen LogP contribution in [0.5, 0.6) is 0 Å². The quantitative estimate of drug-likeness (QED) is 0.449. The van der Waals surface area contributed by atoms with E-state index in [9.17, 15) is 14.7 Å². The second kappa shape index (κ2) is 8.95. The number of amides is 1. The maximum Gasteiger partial charge on any atom is 0.293 e. The summed E-state index contributed by atoms with van der Waals surface area (Å²) in [5.74, 6) is -0.0283. The number of benzene rings is 2. The molecule has 0 atom stereocenters. The van der Waals surface area contributed by atoms with E-state index in [0.717, 1.165) is 11.1 Å². The van der Waals surface area contributed by atoms with Gasteiger partial charge in [-0.05, 0) is 49.6 Å². The number of carbonyl (C=O) groups is 1. The summed E-state index contributed by atoms with van der Waals surface area (Å²) < 4.78 is 1.46. The highest BCUT2D eigenvalue weighted by Crippen LogP contribution is 2.27. The Labute approximate surface area is 191 Å². The molecule has 1 aromatic heterocycles. The second-order valence-corrected chi connectivity index (χ2v) is 8.36. The molecule has 2 aromatic carbocycles. The van der Waals surface area contributed by atoms with E-state index in [-0.39, 0.29) is 23.4 Å². The Morgan fingerprint density at radius 3 is 2.58 bits per heavy atom. The minimum atomic E-state index is -0.361. The zero-order valence-corrected chi connectivity index (χ0v) is 18.7. The predicted molar refractivity (Wildman–Crippen MR) is 129 cm³/mol. The van der Waals surface area contributed by atoms with Gasteiger partial charge in [-0.3, -0.25) is 9.59 Å². The summed E-state index contributed by atoms with van der Waals surface area (Å²) in [4.78, 5) is 31.8. The standard InChI is InChI=1S/C24H28N6O3/c1-14-17(4-3-5-19(14)25)21-13-29(2)24(33)22(28-21)27-15-6-7-18(20(26)12-15)23(32)30-10-8-16(31)9-11-30/h3-7,12-13,16,31H,8-11,25-26H2,1-2H3,(H,27,28). The number of rotatable bonds is 4. The van der Waals surface area contributed by atoms with Crippen LogP contribution in [-0.2, 0) is 7.05 Å². The molecule has 1 fully saturated rings. The Balaban J connectivity index is 1.61. The van der Waals surface area contributed by atoms with Gasteiger partial charge in [0.05, 0.1) is 17.4 Å². The van der Waals surface area contributed by atoms with Gasteiger partial charge in [-0.25, -0.2) is 4.98 Å². The fourth-order valence-corrected chi connectivity index (χ4v) is 3.96. The summed E-state index contributed by atoms with van der Waals surface area (Å²) in [7, 11) is 1.66. The number of nitrogens with one attached hydrogen (secondary N) is 1. The molecule has 1 amide bonds. The molecule has 9 heteroatoms. The van der Waals surface area contributed by atoms with Crippen LogP contribution in [0.25, 0.3) is 11.3 Å². The molecule has 0 bridgehead atoms. The van der Waals surface area contributed by atoms with Gasteiger partial charge in [0.25, 0.3) is 11.5 Å². The maximum absolute atomic E-state index is 12.8. The predicted octanol–water partition coefficient (Wildman–Crippen LogP) is 2.26. The topological polar surface area (TPSA) is 140 Å². The van der Waals surface area contributed by atoms with E-state index in [0.29, 0.717) is 54.3 Å². The normalized spacial score (nSPS) is 14.3. The van der Waals surface area contributed by atoms with Crippen molar-refractivity contribution in [3.05, 3.63) is 64.1 Å². The van der Waals surface area contributed by atoms with E-state index in [4.69, 9.17) is 11.5 Å². The molecule has 1 aliphatic rings. The highest BCUT2D eigenvalue weighted by atomic mass is 16.3. The fourth-order valence-electron chi connectivity index (χ4n) is 3.96. The lowest BCUT2D eigenvalue weighted by Gasteiger charge is -2.30. The van der Waals surface area contributed by atoms with E-state index in [1.54, 1.807) is 36.3 Å². The minimum absolute atomic E-state index is 0.139. The third kappa shape index (κ3) is 4.54. The number of aliphatic hydroxyl groups excluding tert-OH is 1. The van der Waals surface area contributed by atoms with E-state index in [2.05, 4.69) is 10.3 Å². The molecule has 1 saturated heterocycles. The van der Waals surface area contributed by atoms with Crippen LogP contribution in [0, 0.1) is 6.92 Å². The summed E-state index contributed by atoms with van der Waals surface area (Å²) >= 11 is 0. The smallest absolute Gasteiger partial charge is 0.293 e. The fraction of sp³-hybridized carbons (Fsp3) is 0.292. The van der Waals surface area contributed by atoms with Gasteiger partial charge in [-0.1, -0.05) is 12.1 Å². The van der Waals surface area contributed by atoms with Crippen molar-refractivity contribution < 1.29 is 9.90 Å². The number of aromatic nitrogens is 2. The molecule has 1 aliphatic heterocycles. The molecule has 172 valence electrons. The zero-order valence-electron chi connectivity index (χ0n) is 18.7. The van der Waals surface area contributed by atoms with Crippen LogP contribution in [0.2, 0.25) is 0 Å². The van der Waals surface area contributed by atoms with E-state index >= 15 is 0 Å². The number of anilines is 4. The summed E-state index contributed by atoms with van der Waals surface area (Å²) in [6.45, 7) is 2.90. The van der Waals surface area contributed by atoms with Gasteiger partial charge >= 0.3 is 0 Å². The number of aliphatic hydroxyl groups is 1. The van der Waals surface area contributed by atoms with Gasteiger partial charge in [-0.2, -0.15) is 0 Å². The third-order valence-electron chi connectivity index (χ3n) is 6.02. The van der Waals surface area contributed by atoms with Crippen LogP contribution >= 0.6 is 0 Å². The first-order chi connectivity index (χ1) is 15.7. The van der Waals surface area contributed by atoms with Crippen molar-refractivity contribution in [1.29, 1.82) is 0 Å². The first-order valence-corrected chi connectivity index (χ1v) is 10.8. The highest BCUT2D eigenvalue weighted by molar-refractivity contribution is 6.00. The van der Waals surface area contributed by atoms with Crippen LogP contribution in [0.4, 0.5) is 22.9 Å². The number of carbonyl (C=O) groups excluding carboxylic acids is 1. The number of nitrogens with zero attached hydrogens (tertiary/aromatic N) is 3. The highest BCUT2D eigenvalue weighted by Gasteiger charge is 2.23. The molecule has 0 saturated carbocycles. The molecule has 9 nitrogen and oxygen atoms in total. The van der Waals surface area contributed by atoms with Crippen molar-refractivity contribution in [3.63, 3.8) is 0 Å². The first kappa shape index (κ1) is 22.3. The molecule has 0 spiro atoms. The monoisotopic (exact) mass is 448 g/mol. The van der Waals surface area contributed by atoms with E-state index in [1.165, 1.54) is 4.57 Å². The Morgan fingerprint density at radius 1 is 1.15 bits per heavy atom. The average Bonchev–Trinajstić information content (AvgIpc) is 2.79. The molecule has 0 unspecified atom stereocenters. The van der Waals surface area contributed by atoms with Crippen molar-refractivity contribution in [1.82, 2.24) is 14.5 Å². The SMILES string of the molecule is Cc1c(N)cccc1-c1cn(C)c(=O)c(Nc2ccc(C(=O)N3CCC(O)CC3)c(N)c2)n1. The molecular formula is C24H28N6O3. The number of nitrogens with two attached hydrogens (primary N) is 2. The average molecular weight is 449 g/mol. The molecule has 0 radical (unpaired) electrons. The summed E-state index contributed by atoms with van der Waals surface area (Å²) in [5, 5.41) is 12.7. The van der Waals surface area contributed by atoms with Crippen molar-refractivity contribution >= 4 is 28.8 Å². The Kier molecular flexibility index (Phi) is 6.06. The number of hydrogen-bond donors (Lipinski definition) is 4. The zero-order chi connectivity index (χ0) is 23.7. The van der Waals surface area contributed by atoms with Crippen LogP contribution in [0.1, 0.15) is 28.8 Å². The van der Waals surface area contributed by atoms with Crippen molar-refractivity contribution in [3.8, 4) is 11.3 Å². The maximum atomic E-state index is 12.8. The number of piperidine rings is 1. The molecule has 4 rings (SSSR count). The molecule has 6 N–H and O–H groups in total. The lowest BCUT2D eigenvalue weighted by atomic mass is 10.0. The molecule has 3 aromatic rings. The van der Waals surface area contributed by atoms with Gasteiger partial charge in [0.15, 0.2) is 5.82 Å². The lowest BCUT2D eigenvalue weighted by Crippen LogP contribution is -2.40. The molecule has 0 aliphatic carbocycles. The van der Waals surface area contributed by atoms with E-state index < -0.39 is 0 Å². The van der Waals surface area contributed by atoms with Gasteiger partial charge in [0.2, 0.25) is 0 Å². The number of likely N-dealkylation sites (tertiary alicyclic amines) is 1. The largest absolute Gasteiger partial charge is 0.398 e. The van der Waals surface area contributed by atoms with Gasteiger partial charge in [-0.15, -0.1) is 0 Å². The summed E-state index contributed by atoms with van der Waals surface area (Å²) in [5.41, 5.74) is 16.1. The van der Waals surface area contributed by atoms with Crippen molar-refractivity contribution in [2.24, 2.45) is 7.05 Å². The van der Waals surface area contributed by atoms with Crippen LogP contribution in [0.15, 0.2) is 47.4 Å². The second-order valence-electron chi connectivity index (χ2n) is 8.36. The summed E-state index contributed by atoms with van der Waals surface area (Å²) in [6, 6.07) is 10.5. The summed E-state index contributed by atoms with van der Waals surface area (Å²) in [6.07, 6.45) is 2.42. The number of hydrogen-bond acceptors (Lipinski definition) is 7. The Bertz CT molecular complexity index is 1260. The van der Waals surface area contributed by atoms with Gasteiger partial charge in [0.1, 0.15) is 0 Å². The Hall–Kier alpha value is -3.85. The van der Waals surface area contributed by atoms with Crippen LogP contribution in [0.3, 0.4) is 0 Å². The van der Waals surface area contributed by atoms with E-state index in [1.807, 2.05) is 25.1 Å². The third-order valence-corrected chi connectivity index (χ3v) is 6.02. The molecular weight excluding hydrogens is 420 g/mol. The lowest BCUT2D eigenvalue weighted by molar-refractivity contribution is 0.0547. The number of aryl methyl sites for hydroxylation is 1. The minimum Gasteiger partial charge on any atom is -0.398 e.